The lowest BCUT2D eigenvalue weighted by molar-refractivity contribution is 0.265. The van der Waals surface area contributed by atoms with Crippen LogP contribution in [0.2, 0.25) is 5.28 Å². The Labute approximate surface area is 374 Å². The van der Waals surface area contributed by atoms with Gasteiger partial charge in [-0.1, -0.05) is 24.3 Å². The average molecular weight is 993 g/mol. The fourth-order valence-electron chi connectivity index (χ4n) is 5.70. The van der Waals surface area contributed by atoms with Gasteiger partial charge in [0.05, 0.1) is 46.3 Å². The number of nitrogens with two attached hydrogens (primary N) is 1. The van der Waals surface area contributed by atoms with E-state index in [4.69, 9.17) is 26.4 Å². The van der Waals surface area contributed by atoms with Crippen molar-refractivity contribution >= 4 is 115 Å². The molecule has 0 spiro atoms. The lowest BCUT2D eigenvalue weighted by Gasteiger charge is -2.12. The molecule has 0 radical (unpaired) electrons. The van der Waals surface area contributed by atoms with Gasteiger partial charge in [-0.05, 0) is 102 Å². The number of benzene rings is 5. The van der Waals surface area contributed by atoms with E-state index in [0.29, 0.717) is 29.9 Å². The van der Waals surface area contributed by atoms with E-state index in [-0.39, 0.29) is 56.5 Å². The molecule has 24 nitrogen and oxygen atoms in total. The zero-order valence-electron chi connectivity index (χ0n) is 32.8. The molecule has 29 heteroatoms. The summed E-state index contributed by atoms with van der Waals surface area (Å²) in [6, 6.07) is 21.8. The fraction of sp³-hybridized carbons (Fsp3) is 0.139. The molecular weight excluding hydrogens is 960 g/mol. The summed E-state index contributed by atoms with van der Waals surface area (Å²) in [5.41, 5.74) is 7.71. The van der Waals surface area contributed by atoms with Gasteiger partial charge in [0.1, 0.15) is 16.3 Å². The molecule has 0 bridgehead atoms. The van der Waals surface area contributed by atoms with Crippen molar-refractivity contribution < 1.29 is 60.8 Å². The first-order chi connectivity index (χ1) is 30.5. The summed E-state index contributed by atoms with van der Waals surface area (Å²) in [5, 5.41) is 33.3. The summed E-state index contributed by atoms with van der Waals surface area (Å²) in [6.45, 7) is -1.00. The number of hydrogen-bond donors (Lipinski definition) is 7. The quantitative estimate of drug-likeness (QED) is 0.0188. The molecule has 0 aliphatic rings. The topological polar surface area (TPSA) is 374 Å². The Morgan fingerprint density at radius 3 is 1.95 bits per heavy atom. The van der Waals surface area contributed by atoms with Crippen LogP contribution in [-0.4, -0.2) is 86.4 Å². The van der Waals surface area contributed by atoms with Crippen LogP contribution in [0.4, 0.5) is 51.7 Å². The number of sulfone groups is 1. The number of halogens is 1. The van der Waals surface area contributed by atoms with Crippen LogP contribution in [-0.2, 0) is 55.5 Å². The first-order valence-corrected chi connectivity index (χ1v) is 24.3. The molecule has 8 N–H and O–H groups in total. The molecule has 1 heterocycles. The molecule has 65 heavy (non-hydrogen) atoms. The van der Waals surface area contributed by atoms with Gasteiger partial charge >= 0.3 is 20.8 Å². The van der Waals surface area contributed by atoms with Gasteiger partial charge < -0.3 is 21.5 Å². The first kappa shape index (κ1) is 48.1. The van der Waals surface area contributed by atoms with E-state index in [1.807, 2.05) is 0 Å². The Bertz CT molecular complexity index is 3280. The van der Waals surface area contributed by atoms with Crippen molar-refractivity contribution in [2.45, 2.75) is 22.6 Å². The SMILES string of the molecule is Nc1c(/N=N/c2ccc(CCCOS(=O)(=O)O)cc2)ccc2cc(S(=O)(=O)O)c(/N=N/c3cccc(Nc4nc(Cl)nc(Nc5ccc(S(=O)(=O)CCOS(=O)(=O)O)cc5)n4)c3)c(O)c12. The molecule has 0 atom stereocenters. The van der Waals surface area contributed by atoms with E-state index in [2.05, 4.69) is 54.4 Å². The summed E-state index contributed by atoms with van der Waals surface area (Å²) in [7, 11) is -18.3. The van der Waals surface area contributed by atoms with Crippen LogP contribution in [0, 0.1) is 0 Å². The van der Waals surface area contributed by atoms with Crippen molar-refractivity contribution in [2.24, 2.45) is 20.5 Å². The molecule has 6 aromatic rings. The Kier molecular flexibility index (Phi) is 14.7. The highest BCUT2D eigenvalue weighted by molar-refractivity contribution is 7.91. The predicted molar refractivity (Wildman–Crippen MR) is 234 cm³/mol. The predicted octanol–water partition coefficient (Wildman–Crippen LogP) is 6.88. The van der Waals surface area contributed by atoms with E-state index in [9.17, 15) is 43.3 Å². The number of nitrogen functional groups attached to an aromatic ring is 1. The number of aromatic hydroxyl groups is 1. The van der Waals surface area contributed by atoms with Gasteiger partial charge in [0, 0.05) is 11.4 Å². The van der Waals surface area contributed by atoms with Gasteiger partial charge in [-0.2, -0.15) is 50.4 Å². The fourth-order valence-corrected chi connectivity index (χ4v) is 8.34. The number of nitrogens with zero attached hydrogens (tertiary/aromatic N) is 7. The number of aromatic nitrogens is 3. The average Bonchev–Trinajstić information content (AvgIpc) is 3.21. The highest BCUT2D eigenvalue weighted by Crippen LogP contribution is 2.46. The molecular formula is C36H33ClN10O14S4. The molecule has 0 fully saturated rings. The lowest BCUT2D eigenvalue weighted by atomic mass is 10.1. The maximum Gasteiger partial charge on any atom is 0.397 e. The largest absolute Gasteiger partial charge is 0.505 e. The third kappa shape index (κ3) is 13.6. The number of nitrogens with one attached hydrogen (secondary N) is 2. The third-order valence-electron chi connectivity index (χ3n) is 8.60. The van der Waals surface area contributed by atoms with Crippen molar-refractivity contribution in [3.63, 3.8) is 0 Å². The van der Waals surface area contributed by atoms with Gasteiger partial charge in [0.2, 0.25) is 17.2 Å². The normalized spacial score (nSPS) is 12.6. The maximum atomic E-state index is 12.5. The Morgan fingerprint density at radius 2 is 1.31 bits per heavy atom. The number of hydrogen-bond acceptors (Lipinski definition) is 21. The summed E-state index contributed by atoms with van der Waals surface area (Å²) in [6.07, 6.45) is 0.758. The standard InChI is InChI=1S/C36H33ClN10O14S4/c37-34-41-35(39-23-11-13-27(14-12-23)62(49,50)18-17-61-65(57,58)59)43-36(42-34)40-25-4-1-5-26(20-25)45-47-32-29(63(51,52)53)19-22-8-15-28(31(38)30(22)33(32)48)46-44-24-9-6-21(7-10-24)3-2-16-60-64(54,55)56/h1,4-15,19-20,48H,2-3,16-18,38H2,(H,51,52,53)(H,54,55,56)(H,57,58,59)(H2,39,40,41,42,43)/b46-44+,47-45+. The molecule has 0 aliphatic heterocycles. The number of azo groups is 2. The Hall–Kier alpha value is -6.34. The maximum absolute atomic E-state index is 12.5. The molecule has 0 saturated heterocycles. The smallest absolute Gasteiger partial charge is 0.397 e. The van der Waals surface area contributed by atoms with Gasteiger partial charge in [-0.15, -0.1) is 10.2 Å². The van der Waals surface area contributed by atoms with E-state index >= 15 is 0 Å². The molecule has 0 amide bonds. The van der Waals surface area contributed by atoms with Crippen molar-refractivity contribution in [1.29, 1.82) is 0 Å². The van der Waals surface area contributed by atoms with Crippen molar-refractivity contribution in [3.05, 3.63) is 102 Å². The van der Waals surface area contributed by atoms with E-state index in [0.717, 1.165) is 11.6 Å². The van der Waals surface area contributed by atoms with Crippen molar-refractivity contribution in [2.75, 3.05) is 35.3 Å². The molecule has 5 aromatic carbocycles. The number of rotatable bonds is 19. The highest BCUT2D eigenvalue weighted by atomic mass is 35.5. The molecule has 0 unspecified atom stereocenters. The van der Waals surface area contributed by atoms with Crippen LogP contribution in [0.15, 0.2) is 121 Å². The number of anilines is 5. The minimum Gasteiger partial charge on any atom is -0.505 e. The van der Waals surface area contributed by atoms with Gasteiger partial charge in [0.15, 0.2) is 15.6 Å². The molecule has 342 valence electrons. The second kappa shape index (κ2) is 19.8. The molecule has 0 aliphatic carbocycles. The second-order valence-corrected chi connectivity index (χ2v) is 19.2. The van der Waals surface area contributed by atoms with E-state index in [1.165, 1.54) is 48.5 Å². The number of fused-ring (bicyclic) bond motifs is 1. The van der Waals surface area contributed by atoms with E-state index in [1.54, 1.807) is 36.4 Å². The van der Waals surface area contributed by atoms with E-state index < -0.39 is 69.4 Å². The Balaban J connectivity index is 1.18. The second-order valence-electron chi connectivity index (χ2n) is 13.2. The molecule has 0 saturated carbocycles. The third-order valence-corrected chi connectivity index (χ3v) is 12.3. The minimum atomic E-state index is -4.99. The first-order valence-electron chi connectivity index (χ1n) is 18.1. The van der Waals surface area contributed by atoms with Crippen molar-refractivity contribution in [3.8, 4) is 5.75 Å². The lowest BCUT2D eigenvalue weighted by Crippen LogP contribution is -2.15. The van der Waals surface area contributed by atoms with Crippen LogP contribution in [0.3, 0.4) is 0 Å². The molecule has 1 aromatic heterocycles. The summed E-state index contributed by atoms with van der Waals surface area (Å²) >= 11 is 6.14. The summed E-state index contributed by atoms with van der Waals surface area (Å²) in [4.78, 5) is 11.4. The van der Waals surface area contributed by atoms with Crippen LogP contribution < -0.4 is 16.4 Å². The monoisotopic (exact) mass is 992 g/mol. The van der Waals surface area contributed by atoms with Crippen LogP contribution >= 0.6 is 11.6 Å². The minimum absolute atomic E-state index is 0.0649. The summed E-state index contributed by atoms with van der Waals surface area (Å²) in [5.74, 6) is -1.60. The van der Waals surface area contributed by atoms with Gasteiger partial charge in [-0.3, -0.25) is 13.7 Å². The zero-order valence-corrected chi connectivity index (χ0v) is 36.8. The molecule has 6 rings (SSSR count). The Morgan fingerprint density at radius 1 is 0.677 bits per heavy atom. The van der Waals surface area contributed by atoms with Crippen molar-refractivity contribution in [1.82, 2.24) is 15.0 Å². The summed E-state index contributed by atoms with van der Waals surface area (Å²) < 4.78 is 129. The van der Waals surface area contributed by atoms with Crippen LogP contribution in [0.5, 0.6) is 5.75 Å². The van der Waals surface area contributed by atoms with Gasteiger partial charge in [0.25, 0.3) is 10.1 Å². The highest BCUT2D eigenvalue weighted by Gasteiger charge is 2.24. The van der Waals surface area contributed by atoms with Crippen LogP contribution in [0.1, 0.15) is 12.0 Å². The number of phenolic OH excluding ortho intramolecular Hbond substituents is 1. The number of phenols is 1. The van der Waals surface area contributed by atoms with Crippen LogP contribution in [0.25, 0.3) is 10.8 Å². The zero-order chi connectivity index (χ0) is 47.2. The number of aryl methyl sites for hydroxylation is 1. The van der Waals surface area contributed by atoms with Gasteiger partial charge in [-0.25, -0.2) is 16.8 Å².